The van der Waals surface area contributed by atoms with Gasteiger partial charge in [-0.1, -0.05) is 12.2 Å². The van der Waals surface area contributed by atoms with Crippen LogP contribution in [-0.2, 0) is 16.1 Å². The first-order valence-electron chi connectivity index (χ1n) is 9.17. The van der Waals surface area contributed by atoms with Crippen molar-refractivity contribution in [2.45, 2.75) is 45.6 Å². The maximum absolute atomic E-state index is 12.6. The molecule has 6 heteroatoms. The van der Waals surface area contributed by atoms with Gasteiger partial charge >= 0.3 is 0 Å². The van der Waals surface area contributed by atoms with Crippen LogP contribution in [0.4, 0.5) is 0 Å². The highest BCUT2D eigenvalue weighted by Gasteiger charge is 2.45. The van der Waals surface area contributed by atoms with Crippen LogP contribution in [0.25, 0.3) is 0 Å². The summed E-state index contributed by atoms with van der Waals surface area (Å²) in [7, 11) is 0. The van der Waals surface area contributed by atoms with Crippen LogP contribution in [-0.4, -0.2) is 46.2 Å². The van der Waals surface area contributed by atoms with Gasteiger partial charge in [-0.2, -0.15) is 0 Å². The third-order valence-corrected chi connectivity index (χ3v) is 6.74. The van der Waals surface area contributed by atoms with E-state index in [2.05, 4.69) is 17.1 Å². The second-order valence-electron chi connectivity index (χ2n) is 7.75. The van der Waals surface area contributed by atoms with Gasteiger partial charge in [-0.15, -0.1) is 11.3 Å². The van der Waals surface area contributed by atoms with E-state index >= 15 is 0 Å². The zero-order valence-electron chi connectivity index (χ0n) is 14.7. The van der Waals surface area contributed by atoms with Gasteiger partial charge in [0.1, 0.15) is 0 Å². The number of hydrogen-bond donors (Lipinski definition) is 0. The lowest BCUT2D eigenvalue weighted by atomic mass is 9.77. The average Bonchev–Trinajstić information content (AvgIpc) is 3.31. The Balaban J connectivity index is 1.34. The molecule has 1 aromatic rings. The quantitative estimate of drug-likeness (QED) is 0.780. The first kappa shape index (κ1) is 16.8. The average molecular weight is 359 g/mol. The topological polar surface area (TPSA) is 53.5 Å². The number of nitrogens with zero attached hydrogens (tertiary/aromatic N) is 3. The fraction of sp³-hybridized carbons (Fsp3) is 0.632. The highest BCUT2D eigenvalue weighted by atomic mass is 32.1. The van der Waals surface area contributed by atoms with Crippen molar-refractivity contribution in [3.8, 4) is 0 Å². The first-order chi connectivity index (χ1) is 12.0. The van der Waals surface area contributed by atoms with Gasteiger partial charge in [0.2, 0.25) is 11.8 Å². The van der Waals surface area contributed by atoms with Gasteiger partial charge in [0.05, 0.1) is 17.2 Å². The number of thiazole rings is 1. The Morgan fingerprint density at radius 2 is 2.04 bits per heavy atom. The summed E-state index contributed by atoms with van der Waals surface area (Å²) in [6, 6.07) is 0. The lowest BCUT2D eigenvalue weighted by Gasteiger charge is -2.39. The minimum atomic E-state index is 0.0624. The minimum absolute atomic E-state index is 0.0624. The number of aromatic nitrogens is 1. The lowest BCUT2D eigenvalue weighted by Crippen LogP contribution is -2.46. The summed E-state index contributed by atoms with van der Waals surface area (Å²) in [5.41, 5.74) is 1.06. The molecule has 5 nitrogen and oxygen atoms in total. The molecule has 0 atom stereocenters. The maximum atomic E-state index is 12.6. The summed E-state index contributed by atoms with van der Waals surface area (Å²) in [6.07, 6.45) is 8.51. The zero-order chi connectivity index (χ0) is 17.4. The maximum Gasteiger partial charge on any atom is 0.226 e. The van der Waals surface area contributed by atoms with Crippen molar-refractivity contribution in [2.75, 3.05) is 19.6 Å². The summed E-state index contributed by atoms with van der Waals surface area (Å²) in [5.74, 6) is 0.702. The Morgan fingerprint density at radius 3 is 2.68 bits per heavy atom. The van der Waals surface area contributed by atoms with Crippen molar-refractivity contribution in [3.05, 3.63) is 28.2 Å². The third-order valence-electron chi connectivity index (χ3n) is 5.92. The van der Waals surface area contributed by atoms with Crippen LogP contribution in [0.15, 0.2) is 17.5 Å². The SMILES string of the molecule is Cc1nc(CN2CC3(CCN(C(=O)C4CC=CC4)CC3)CC2=O)cs1. The molecule has 1 aromatic heterocycles. The minimum Gasteiger partial charge on any atom is -0.342 e. The van der Waals surface area contributed by atoms with E-state index in [0.29, 0.717) is 18.9 Å². The second-order valence-corrected chi connectivity index (χ2v) is 8.81. The van der Waals surface area contributed by atoms with Crippen molar-refractivity contribution >= 4 is 23.2 Å². The predicted octanol–water partition coefficient (Wildman–Crippen LogP) is 2.76. The molecule has 0 saturated carbocycles. The molecule has 0 radical (unpaired) electrons. The number of rotatable bonds is 3. The van der Waals surface area contributed by atoms with Crippen LogP contribution >= 0.6 is 11.3 Å². The highest BCUT2D eigenvalue weighted by Crippen LogP contribution is 2.42. The summed E-state index contributed by atoms with van der Waals surface area (Å²) < 4.78 is 0. The number of likely N-dealkylation sites (tertiary alicyclic amines) is 2. The number of aryl methyl sites for hydroxylation is 1. The van der Waals surface area contributed by atoms with E-state index in [1.165, 1.54) is 0 Å². The van der Waals surface area contributed by atoms with Gasteiger partial charge in [-0.25, -0.2) is 4.98 Å². The molecule has 0 bridgehead atoms. The van der Waals surface area contributed by atoms with Crippen molar-refractivity contribution in [2.24, 2.45) is 11.3 Å². The van der Waals surface area contributed by atoms with Crippen molar-refractivity contribution in [1.29, 1.82) is 0 Å². The Kier molecular flexibility index (Phi) is 4.40. The predicted molar refractivity (Wildman–Crippen MR) is 97.0 cm³/mol. The van der Waals surface area contributed by atoms with Crippen LogP contribution in [0.1, 0.15) is 42.8 Å². The Hall–Kier alpha value is -1.69. The molecule has 0 aromatic carbocycles. The third kappa shape index (κ3) is 3.36. The summed E-state index contributed by atoms with van der Waals surface area (Å²) in [6.45, 7) is 5.03. The van der Waals surface area contributed by atoms with Gasteiger partial charge in [-0.3, -0.25) is 9.59 Å². The van der Waals surface area contributed by atoms with Crippen molar-refractivity contribution in [3.63, 3.8) is 0 Å². The number of hydrogen-bond acceptors (Lipinski definition) is 4. The molecule has 0 unspecified atom stereocenters. The van der Waals surface area contributed by atoms with Gasteiger partial charge < -0.3 is 9.80 Å². The van der Waals surface area contributed by atoms with E-state index in [4.69, 9.17) is 0 Å². The number of allylic oxidation sites excluding steroid dienone is 2. The number of piperidine rings is 1. The van der Waals surface area contributed by atoms with E-state index in [0.717, 1.165) is 56.0 Å². The fourth-order valence-corrected chi connectivity index (χ4v) is 5.02. The van der Waals surface area contributed by atoms with Gasteiger partial charge in [0.25, 0.3) is 0 Å². The van der Waals surface area contributed by atoms with Crippen LogP contribution < -0.4 is 0 Å². The molecular weight excluding hydrogens is 334 g/mol. The number of amides is 2. The van der Waals surface area contributed by atoms with E-state index in [1.54, 1.807) is 11.3 Å². The van der Waals surface area contributed by atoms with Crippen LogP contribution in [0.5, 0.6) is 0 Å². The van der Waals surface area contributed by atoms with E-state index in [9.17, 15) is 9.59 Å². The Labute approximate surface area is 152 Å². The number of carbonyl (C=O) groups excluding carboxylic acids is 2. The normalized spacial score (nSPS) is 23.2. The van der Waals surface area contributed by atoms with E-state index in [1.807, 2.05) is 22.1 Å². The standard InChI is InChI=1S/C19H25N3O2S/c1-14-20-16(12-25-14)11-22-13-19(10-17(22)23)6-8-21(9-7-19)18(24)15-4-2-3-5-15/h2-3,12,15H,4-11,13H2,1H3. The number of carbonyl (C=O) groups is 2. The van der Waals surface area contributed by atoms with Crippen LogP contribution in [0, 0.1) is 18.3 Å². The molecule has 3 aliphatic rings. The molecule has 1 spiro atoms. The fourth-order valence-electron chi connectivity index (χ4n) is 4.42. The highest BCUT2D eigenvalue weighted by molar-refractivity contribution is 7.09. The first-order valence-corrected chi connectivity index (χ1v) is 10.1. The van der Waals surface area contributed by atoms with Crippen molar-refractivity contribution < 1.29 is 9.59 Å². The lowest BCUT2D eigenvalue weighted by molar-refractivity contribution is -0.137. The van der Waals surface area contributed by atoms with Crippen molar-refractivity contribution in [1.82, 2.24) is 14.8 Å². The smallest absolute Gasteiger partial charge is 0.226 e. The molecule has 25 heavy (non-hydrogen) atoms. The Bertz CT molecular complexity index is 695. The molecular formula is C19H25N3O2S. The van der Waals surface area contributed by atoms with Crippen LogP contribution in [0.2, 0.25) is 0 Å². The van der Waals surface area contributed by atoms with Gasteiger partial charge in [-0.05, 0) is 32.6 Å². The van der Waals surface area contributed by atoms with E-state index in [-0.39, 0.29) is 17.2 Å². The van der Waals surface area contributed by atoms with Gasteiger partial charge in [0.15, 0.2) is 0 Å². The zero-order valence-corrected chi connectivity index (χ0v) is 15.6. The Morgan fingerprint density at radius 1 is 1.32 bits per heavy atom. The van der Waals surface area contributed by atoms with E-state index < -0.39 is 0 Å². The molecule has 4 rings (SSSR count). The largest absolute Gasteiger partial charge is 0.342 e. The van der Waals surface area contributed by atoms with Crippen LogP contribution in [0.3, 0.4) is 0 Å². The summed E-state index contributed by atoms with van der Waals surface area (Å²) >= 11 is 1.63. The summed E-state index contributed by atoms with van der Waals surface area (Å²) in [5, 5.41) is 3.09. The molecule has 1 aliphatic carbocycles. The molecule has 3 heterocycles. The monoisotopic (exact) mass is 359 g/mol. The molecule has 134 valence electrons. The molecule has 2 fully saturated rings. The van der Waals surface area contributed by atoms with Gasteiger partial charge in [0, 0.05) is 42.8 Å². The second kappa shape index (κ2) is 6.56. The summed E-state index contributed by atoms with van der Waals surface area (Å²) in [4.78, 5) is 33.6. The molecule has 2 amide bonds. The molecule has 0 N–H and O–H groups in total. The molecule has 2 aliphatic heterocycles. The molecule has 2 saturated heterocycles.